The van der Waals surface area contributed by atoms with Crippen molar-refractivity contribution in [3.05, 3.63) is 71.8 Å². The van der Waals surface area contributed by atoms with E-state index in [2.05, 4.69) is 30.7 Å². The van der Waals surface area contributed by atoms with Crippen LogP contribution in [0.25, 0.3) is 0 Å². The Hall–Kier alpha value is -2.21. The number of carbonyl (C=O) groups excluding carboxylic acids is 1. The predicted octanol–water partition coefficient (Wildman–Crippen LogP) is 2.49. The Bertz CT molecular complexity index is 726. The zero-order chi connectivity index (χ0) is 20.1. The molecule has 28 heavy (non-hydrogen) atoms. The highest BCUT2D eigenvalue weighted by molar-refractivity contribution is 5.85. The Morgan fingerprint density at radius 2 is 1.54 bits per heavy atom. The zero-order valence-electron chi connectivity index (χ0n) is 16.9. The zero-order valence-corrected chi connectivity index (χ0v) is 16.9. The summed E-state index contributed by atoms with van der Waals surface area (Å²) in [4.78, 5) is 17.7. The lowest BCUT2D eigenvalue weighted by Crippen LogP contribution is -2.55. The lowest BCUT2D eigenvalue weighted by molar-refractivity contribution is -0.163. The van der Waals surface area contributed by atoms with Crippen molar-refractivity contribution in [2.24, 2.45) is 0 Å². The minimum absolute atomic E-state index is 0.252. The molecular weight excluding hydrogens is 352 g/mol. The van der Waals surface area contributed by atoms with Crippen LogP contribution >= 0.6 is 0 Å². The molecule has 2 atom stereocenters. The number of piperazine rings is 1. The minimum Gasteiger partial charge on any atom is -0.462 e. The molecule has 1 saturated heterocycles. The summed E-state index contributed by atoms with van der Waals surface area (Å²) in [6.07, 6.45) is 0. The van der Waals surface area contributed by atoms with Gasteiger partial charge in [-0.05, 0) is 32.0 Å². The number of esters is 1. The Labute approximate surface area is 167 Å². The molecule has 0 bridgehead atoms. The second-order valence-corrected chi connectivity index (χ2v) is 7.71. The molecule has 5 nitrogen and oxygen atoms in total. The van der Waals surface area contributed by atoms with Crippen molar-refractivity contribution in [2.75, 3.05) is 33.3 Å². The van der Waals surface area contributed by atoms with Gasteiger partial charge in [0.2, 0.25) is 5.60 Å². The molecule has 0 saturated carbocycles. The average Bonchev–Trinajstić information content (AvgIpc) is 2.72. The van der Waals surface area contributed by atoms with Gasteiger partial charge in [-0.15, -0.1) is 0 Å². The highest BCUT2D eigenvalue weighted by Crippen LogP contribution is 2.31. The number of carbonyl (C=O) groups is 1. The molecule has 2 aromatic carbocycles. The van der Waals surface area contributed by atoms with E-state index in [9.17, 15) is 9.90 Å². The summed E-state index contributed by atoms with van der Waals surface area (Å²) < 4.78 is 5.58. The second-order valence-electron chi connectivity index (χ2n) is 7.71. The summed E-state index contributed by atoms with van der Waals surface area (Å²) in [5, 5.41) is 11.4. The van der Waals surface area contributed by atoms with Crippen LogP contribution in [0.4, 0.5) is 0 Å². The van der Waals surface area contributed by atoms with E-state index in [-0.39, 0.29) is 6.61 Å². The molecule has 1 N–H and O–H groups in total. The molecule has 0 radical (unpaired) electrons. The quantitative estimate of drug-likeness (QED) is 0.778. The number of rotatable bonds is 6. The first kappa shape index (κ1) is 20.5. The fourth-order valence-corrected chi connectivity index (χ4v) is 3.80. The van der Waals surface area contributed by atoms with E-state index in [0.717, 1.165) is 13.1 Å². The van der Waals surface area contributed by atoms with Crippen molar-refractivity contribution in [1.29, 1.82) is 0 Å². The summed E-state index contributed by atoms with van der Waals surface area (Å²) in [6.45, 7) is 7.24. The van der Waals surface area contributed by atoms with Gasteiger partial charge in [0.15, 0.2) is 0 Å². The van der Waals surface area contributed by atoms with Crippen LogP contribution < -0.4 is 0 Å². The van der Waals surface area contributed by atoms with Gasteiger partial charge >= 0.3 is 5.97 Å². The number of hydrogen-bond donors (Lipinski definition) is 1. The minimum atomic E-state index is -1.82. The molecule has 0 amide bonds. The number of likely N-dealkylation sites (N-methyl/N-ethyl adjacent to an activating group) is 1. The number of aliphatic hydroxyl groups is 1. The van der Waals surface area contributed by atoms with E-state index in [1.165, 1.54) is 0 Å². The third kappa shape index (κ3) is 4.27. The molecule has 1 heterocycles. The Morgan fingerprint density at radius 1 is 1.00 bits per heavy atom. The largest absolute Gasteiger partial charge is 0.462 e. The molecule has 0 spiro atoms. The van der Waals surface area contributed by atoms with Crippen LogP contribution in [0.3, 0.4) is 0 Å². The summed E-state index contributed by atoms with van der Waals surface area (Å²) >= 11 is 0. The highest BCUT2D eigenvalue weighted by atomic mass is 16.5. The summed E-state index contributed by atoms with van der Waals surface area (Å²) in [7, 11) is 2.14. The Morgan fingerprint density at radius 3 is 2.07 bits per heavy atom. The van der Waals surface area contributed by atoms with Gasteiger partial charge in [-0.25, -0.2) is 4.79 Å². The van der Waals surface area contributed by atoms with Crippen LogP contribution in [0.2, 0.25) is 0 Å². The smallest absolute Gasteiger partial charge is 0.347 e. The molecule has 1 aliphatic rings. The molecule has 0 aromatic heterocycles. The monoisotopic (exact) mass is 382 g/mol. The molecule has 0 aliphatic carbocycles. The predicted molar refractivity (Wildman–Crippen MR) is 110 cm³/mol. The fraction of sp³-hybridized carbons (Fsp3) is 0.435. The summed E-state index contributed by atoms with van der Waals surface area (Å²) in [6, 6.07) is 18.8. The maximum Gasteiger partial charge on any atom is 0.347 e. The van der Waals surface area contributed by atoms with Gasteiger partial charge < -0.3 is 14.7 Å². The first-order chi connectivity index (χ1) is 13.4. The summed E-state index contributed by atoms with van der Waals surface area (Å²) in [5.41, 5.74) is -0.802. The van der Waals surface area contributed by atoms with Crippen molar-refractivity contribution in [3.8, 4) is 0 Å². The number of hydrogen-bond acceptors (Lipinski definition) is 5. The molecule has 3 rings (SSSR count). The lowest BCUT2D eigenvalue weighted by Gasteiger charge is -2.42. The molecule has 2 aromatic rings. The standard InChI is InChI=1S/C23H30N2O3/c1-18-17-25(19(2)16-24(18)3)14-15-28-22(26)23(27,20-10-6-4-7-11-20)21-12-8-5-9-13-21/h4-13,18-19,27H,14-17H2,1-3H3. The van der Waals surface area contributed by atoms with Crippen LogP contribution in [0.15, 0.2) is 60.7 Å². The van der Waals surface area contributed by atoms with Crippen molar-refractivity contribution >= 4 is 5.97 Å². The Balaban J connectivity index is 1.71. The van der Waals surface area contributed by atoms with Crippen LogP contribution in [0.5, 0.6) is 0 Å². The SMILES string of the molecule is CC1CN(CCOC(=O)C(O)(c2ccccc2)c2ccccc2)C(C)CN1C. The van der Waals surface area contributed by atoms with E-state index in [1.54, 1.807) is 24.3 Å². The van der Waals surface area contributed by atoms with Crippen LogP contribution in [0, 0.1) is 0 Å². The van der Waals surface area contributed by atoms with Crippen molar-refractivity contribution in [3.63, 3.8) is 0 Å². The van der Waals surface area contributed by atoms with Crippen molar-refractivity contribution < 1.29 is 14.6 Å². The molecule has 150 valence electrons. The number of nitrogens with zero attached hydrogens (tertiary/aromatic N) is 2. The third-order valence-corrected chi connectivity index (χ3v) is 5.72. The van der Waals surface area contributed by atoms with Crippen molar-refractivity contribution in [2.45, 2.75) is 31.5 Å². The maximum absolute atomic E-state index is 13.0. The highest BCUT2D eigenvalue weighted by Gasteiger charge is 2.41. The fourth-order valence-electron chi connectivity index (χ4n) is 3.80. The second kappa shape index (κ2) is 8.86. The van der Waals surface area contributed by atoms with E-state index in [1.807, 2.05) is 36.4 Å². The van der Waals surface area contributed by atoms with Gasteiger partial charge in [0.1, 0.15) is 6.61 Å². The van der Waals surface area contributed by atoms with Crippen LogP contribution in [0.1, 0.15) is 25.0 Å². The van der Waals surface area contributed by atoms with Gasteiger partial charge in [-0.1, -0.05) is 60.7 Å². The van der Waals surface area contributed by atoms with Gasteiger partial charge in [-0.3, -0.25) is 4.90 Å². The van der Waals surface area contributed by atoms with Gasteiger partial charge in [0, 0.05) is 31.7 Å². The van der Waals surface area contributed by atoms with E-state index >= 15 is 0 Å². The topological polar surface area (TPSA) is 53.0 Å². The van der Waals surface area contributed by atoms with Gasteiger partial charge in [0.25, 0.3) is 0 Å². The average molecular weight is 383 g/mol. The van der Waals surface area contributed by atoms with E-state index in [0.29, 0.717) is 29.8 Å². The first-order valence-corrected chi connectivity index (χ1v) is 9.88. The van der Waals surface area contributed by atoms with Crippen LogP contribution in [-0.4, -0.2) is 66.2 Å². The van der Waals surface area contributed by atoms with Crippen molar-refractivity contribution in [1.82, 2.24) is 9.80 Å². The van der Waals surface area contributed by atoms with E-state index < -0.39 is 11.6 Å². The summed E-state index contributed by atoms with van der Waals surface area (Å²) in [5.74, 6) is -0.639. The lowest BCUT2D eigenvalue weighted by atomic mass is 9.86. The first-order valence-electron chi connectivity index (χ1n) is 9.88. The number of ether oxygens (including phenoxy) is 1. The maximum atomic E-state index is 13.0. The molecule has 1 aliphatic heterocycles. The Kier molecular flexibility index (Phi) is 6.50. The van der Waals surface area contributed by atoms with Gasteiger partial charge in [-0.2, -0.15) is 0 Å². The number of benzene rings is 2. The molecule has 1 fully saturated rings. The molecule has 5 heteroatoms. The van der Waals surface area contributed by atoms with Crippen LogP contribution in [-0.2, 0) is 15.1 Å². The van der Waals surface area contributed by atoms with Gasteiger partial charge in [0.05, 0.1) is 0 Å². The molecular formula is C23H30N2O3. The normalized spacial score (nSPS) is 21.4. The third-order valence-electron chi connectivity index (χ3n) is 5.72. The molecule has 2 unspecified atom stereocenters. The van der Waals surface area contributed by atoms with E-state index in [4.69, 9.17) is 4.74 Å².